The van der Waals surface area contributed by atoms with Gasteiger partial charge in [0.25, 0.3) is 0 Å². The largest absolute Gasteiger partial charge is 0.393 e. The molecule has 13 heavy (non-hydrogen) atoms. The van der Waals surface area contributed by atoms with E-state index in [0.29, 0.717) is 0 Å². The number of aliphatic hydroxyl groups is 1. The van der Waals surface area contributed by atoms with Crippen LogP contribution in [-0.2, 0) is 0 Å². The third kappa shape index (κ3) is 9.80. The van der Waals surface area contributed by atoms with Crippen molar-refractivity contribution in [1.82, 2.24) is 10.2 Å². The number of hydrogen-bond acceptors (Lipinski definition) is 3. The van der Waals surface area contributed by atoms with Crippen LogP contribution >= 0.6 is 0 Å². The Labute approximate surface area is 82.1 Å². The maximum Gasteiger partial charge on any atom is 0.0549 e. The van der Waals surface area contributed by atoms with E-state index in [1.54, 1.807) is 0 Å². The predicted molar refractivity (Wildman–Crippen MR) is 57.0 cm³/mol. The number of nitrogens with one attached hydrogen (secondary N) is 1. The Morgan fingerprint density at radius 3 is 2.54 bits per heavy atom. The Morgan fingerprint density at radius 1 is 1.31 bits per heavy atom. The first-order valence-corrected chi connectivity index (χ1v) is 5.20. The molecule has 0 saturated heterocycles. The van der Waals surface area contributed by atoms with Crippen LogP contribution in [0.25, 0.3) is 0 Å². The number of rotatable bonds is 8. The Kier molecular flexibility index (Phi) is 8.40. The summed E-state index contributed by atoms with van der Waals surface area (Å²) >= 11 is 0. The summed E-state index contributed by atoms with van der Waals surface area (Å²) in [5.41, 5.74) is 0. The highest BCUT2D eigenvalue weighted by molar-refractivity contribution is 4.56. The Hall–Kier alpha value is -0.120. The average molecular weight is 188 g/mol. The summed E-state index contributed by atoms with van der Waals surface area (Å²) in [7, 11) is 4.17. The highest BCUT2D eigenvalue weighted by Crippen LogP contribution is 1.94. The average Bonchev–Trinajstić information content (AvgIpc) is 2.10. The van der Waals surface area contributed by atoms with Crippen molar-refractivity contribution < 1.29 is 5.11 Å². The fourth-order valence-electron chi connectivity index (χ4n) is 1.12. The molecule has 0 bridgehead atoms. The van der Waals surface area contributed by atoms with E-state index in [1.165, 1.54) is 6.42 Å². The van der Waals surface area contributed by atoms with Gasteiger partial charge in [0.05, 0.1) is 6.10 Å². The van der Waals surface area contributed by atoms with Crippen molar-refractivity contribution in [1.29, 1.82) is 0 Å². The van der Waals surface area contributed by atoms with Crippen molar-refractivity contribution >= 4 is 0 Å². The minimum Gasteiger partial charge on any atom is -0.393 e. The number of nitrogens with zero attached hydrogens (tertiary/aromatic N) is 1. The summed E-state index contributed by atoms with van der Waals surface area (Å²) in [5, 5.41) is 12.6. The van der Waals surface area contributed by atoms with Crippen LogP contribution in [0.1, 0.15) is 26.2 Å². The lowest BCUT2D eigenvalue weighted by Gasteiger charge is -2.11. The molecule has 3 heteroatoms. The molecule has 3 nitrogen and oxygen atoms in total. The zero-order chi connectivity index (χ0) is 10.1. The van der Waals surface area contributed by atoms with E-state index in [-0.39, 0.29) is 6.10 Å². The number of hydrogen-bond donors (Lipinski definition) is 2. The molecule has 2 N–H and O–H groups in total. The third-order valence-corrected chi connectivity index (χ3v) is 2.08. The summed E-state index contributed by atoms with van der Waals surface area (Å²) in [6.07, 6.45) is 2.79. The summed E-state index contributed by atoms with van der Waals surface area (Å²) < 4.78 is 0. The van der Waals surface area contributed by atoms with Gasteiger partial charge in [-0.25, -0.2) is 0 Å². The van der Waals surface area contributed by atoms with E-state index in [2.05, 4.69) is 24.3 Å². The molecule has 0 amide bonds. The lowest BCUT2D eigenvalue weighted by atomic mass is 10.2. The molecule has 0 aliphatic heterocycles. The standard InChI is InChI=1S/C10H24N2O/c1-4-10(13)6-8-11-7-5-9-12(2)3/h10-11,13H,4-9H2,1-3H3. The van der Waals surface area contributed by atoms with Crippen molar-refractivity contribution in [3.8, 4) is 0 Å². The van der Waals surface area contributed by atoms with Crippen LogP contribution in [0.4, 0.5) is 0 Å². The van der Waals surface area contributed by atoms with Gasteiger partial charge in [-0.05, 0) is 53.0 Å². The van der Waals surface area contributed by atoms with Gasteiger partial charge in [0, 0.05) is 0 Å². The van der Waals surface area contributed by atoms with Crippen LogP contribution < -0.4 is 5.32 Å². The molecular formula is C10H24N2O. The van der Waals surface area contributed by atoms with Crippen LogP contribution in [0.2, 0.25) is 0 Å². The van der Waals surface area contributed by atoms with E-state index < -0.39 is 0 Å². The van der Waals surface area contributed by atoms with Crippen molar-refractivity contribution in [2.45, 2.75) is 32.3 Å². The minimum atomic E-state index is -0.124. The van der Waals surface area contributed by atoms with Gasteiger partial charge in [-0.15, -0.1) is 0 Å². The quantitative estimate of drug-likeness (QED) is 0.550. The van der Waals surface area contributed by atoms with Crippen molar-refractivity contribution in [3.05, 3.63) is 0 Å². The van der Waals surface area contributed by atoms with Gasteiger partial charge < -0.3 is 15.3 Å². The normalized spacial score (nSPS) is 13.6. The molecule has 1 unspecified atom stereocenters. The first-order chi connectivity index (χ1) is 6.16. The summed E-state index contributed by atoms with van der Waals surface area (Å²) in [4.78, 5) is 2.18. The summed E-state index contributed by atoms with van der Waals surface area (Å²) in [5.74, 6) is 0. The van der Waals surface area contributed by atoms with Crippen LogP contribution in [0.5, 0.6) is 0 Å². The molecule has 80 valence electrons. The monoisotopic (exact) mass is 188 g/mol. The maximum atomic E-state index is 9.25. The topological polar surface area (TPSA) is 35.5 Å². The molecule has 0 rings (SSSR count). The van der Waals surface area contributed by atoms with Crippen molar-refractivity contribution in [2.75, 3.05) is 33.7 Å². The van der Waals surface area contributed by atoms with Gasteiger partial charge >= 0.3 is 0 Å². The fraction of sp³-hybridized carbons (Fsp3) is 1.00. The Balaban J connectivity index is 2.99. The van der Waals surface area contributed by atoms with E-state index in [9.17, 15) is 5.11 Å². The second-order valence-electron chi connectivity index (χ2n) is 3.76. The summed E-state index contributed by atoms with van der Waals surface area (Å²) in [6.45, 7) is 5.12. The van der Waals surface area contributed by atoms with E-state index in [0.717, 1.165) is 32.5 Å². The predicted octanol–water partition coefficient (Wildman–Crippen LogP) is 0.689. The lowest BCUT2D eigenvalue weighted by molar-refractivity contribution is 0.160. The Bertz CT molecular complexity index is 107. The molecule has 0 aromatic carbocycles. The molecule has 1 atom stereocenters. The van der Waals surface area contributed by atoms with Crippen LogP contribution in [0, 0.1) is 0 Å². The van der Waals surface area contributed by atoms with Crippen LogP contribution in [0.3, 0.4) is 0 Å². The third-order valence-electron chi connectivity index (χ3n) is 2.08. The zero-order valence-corrected chi connectivity index (χ0v) is 9.21. The second kappa shape index (κ2) is 8.48. The molecule has 0 spiro atoms. The molecule has 0 fully saturated rings. The highest BCUT2D eigenvalue weighted by atomic mass is 16.3. The van der Waals surface area contributed by atoms with Gasteiger partial charge in [0.15, 0.2) is 0 Å². The molecule has 0 heterocycles. The van der Waals surface area contributed by atoms with Gasteiger partial charge in [0.2, 0.25) is 0 Å². The maximum absolute atomic E-state index is 9.25. The molecule has 0 aromatic rings. The molecule has 0 aliphatic carbocycles. The SMILES string of the molecule is CCC(O)CCNCCCN(C)C. The highest BCUT2D eigenvalue weighted by Gasteiger charge is 1.98. The number of aliphatic hydroxyl groups excluding tert-OH is 1. The van der Waals surface area contributed by atoms with Gasteiger partial charge in [0.1, 0.15) is 0 Å². The molecule has 0 saturated carbocycles. The molecule has 0 aromatic heterocycles. The molecular weight excluding hydrogens is 164 g/mol. The minimum absolute atomic E-state index is 0.124. The van der Waals surface area contributed by atoms with Crippen LogP contribution in [-0.4, -0.2) is 49.8 Å². The summed E-state index contributed by atoms with van der Waals surface area (Å²) in [6, 6.07) is 0. The first-order valence-electron chi connectivity index (χ1n) is 5.20. The zero-order valence-electron chi connectivity index (χ0n) is 9.21. The first kappa shape index (κ1) is 12.9. The van der Waals surface area contributed by atoms with Crippen molar-refractivity contribution in [2.24, 2.45) is 0 Å². The van der Waals surface area contributed by atoms with E-state index in [1.807, 2.05) is 6.92 Å². The van der Waals surface area contributed by atoms with Crippen molar-refractivity contribution in [3.63, 3.8) is 0 Å². The van der Waals surface area contributed by atoms with Crippen LogP contribution in [0.15, 0.2) is 0 Å². The lowest BCUT2D eigenvalue weighted by Crippen LogP contribution is -2.24. The molecule has 0 aliphatic rings. The van der Waals surface area contributed by atoms with E-state index in [4.69, 9.17) is 0 Å². The smallest absolute Gasteiger partial charge is 0.0549 e. The van der Waals surface area contributed by atoms with Gasteiger partial charge in [-0.1, -0.05) is 6.92 Å². The fourth-order valence-corrected chi connectivity index (χ4v) is 1.12. The van der Waals surface area contributed by atoms with Gasteiger partial charge in [-0.3, -0.25) is 0 Å². The van der Waals surface area contributed by atoms with Gasteiger partial charge in [-0.2, -0.15) is 0 Å². The second-order valence-corrected chi connectivity index (χ2v) is 3.76. The Morgan fingerprint density at radius 2 is 2.00 bits per heavy atom. The van der Waals surface area contributed by atoms with E-state index >= 15 is 0 Å². The molecule has 0 radical (unpaired) electrons.